The maximum absolute atomic E-state index is 11.8. The highest BCUT2D eigenvalue weighted by Gasteiger charge is 2.18. The van der Waals surface area contributed by atoms with E-state index in [0.29, 0.717) is 24.4 Å². The molecule has 0 atom stereocenters. The summed E-state index contributed by atoms with van der Waals surface area (Å²) in [7, 11) is 0. The van der Waals surface area contributed by atoms with Crippen molar-refractivity contribution in [1.82, 2.24) is 5.32 Å². The van der Waals surface area contributed by atoms with Crippen molar-refractivity contribution in [2.24, 2.45) is 0 Å². The monoisotopic (exact) mass is 278 g/mol. The van der Waals surface area contributed by atoms with Crippen molar-refractivity contribution in [3.63, 3.8) is 0 Å². The van der Waals surface area contributed by atoms with Gasteiger partial charge in [-0.25, -0.2) is 4.79 Å². The molecule has 0 aliphatic rings. The van der Waals surface area contributed by atoms with Crippen LogP contribution in [0.4, 0.5) is 10.5 Å². The van der Waals surface area contributed by atoms with Gasteiger partial charge in [0.25, 0.3) is 0 Å². The molecule has 0 saturated carbocycles. The van der Waals surface area contributed by atoms with Crippen LogP contribution in [0.1, 0.15) is 38.1 Å². The van der Waals surface area contributed by atoms with Gasteiger partial charge in [0.1, 0.15) is 0 Å². The van der Waals surface area contributed by atoms with Crippen LogP contribution in [-0.2, 0) is 4.74 Å². The van der Waals surface area contributed by atoms with Crippen LogP contribution in [0.5, 0.6) is 0 Å². The molecule has 0 aromatic heterocycles. The lowest BCUT2D eigenvalue weighted by Gasteiger charge is -2.24. The van der Waals surface area contributed by atoms with Crippen molar-refractivity contribution >= 4 is 17.5 Å². The Hall–Kier alpha value is -1.88. The number of anilines is 1. The van der Waals surface area contributed by atoms with E-state index in [1.807, 2.05) is 20.8 Å². The van der Waals surface area contributed by atoms with Gasteiger partial charge in [-0.05, 0) is 39.8 Å². The summed E-state index contributed by atoms with van der Waals surface area (Å²) >= 11 is 0. The van der Waals surface area contributed by atoms with Crippen LogP contribution in [0.3, 0.4) is 0 Å². The first-order chi connectivity index (χ1) is 9.34. The number of urea groups is 1. The van der Waals surface area contributed by atoms with Crippen LogP contribution < -0.4 is 10.6 Å². The minimum Gasteiger partial charge on any atom is -0.374 e. The van der Waals surface area contributed by atoms with Gasteiger partial charge in [0.2, 0.25) is 0 Å². The SMILES string of the molecule is CCOC(C)(C)CNC(=O)Nc1cccc(C(C)=O)c1. The second kappa shape index (κ2) is 7.05. The minimum atomic E-state index is -0.409. The van der Waals surface area contributed by atoms with Gasteiger partial charge in [-0.1, -0.05) is 12.1 Å². The van der Waals surface area contributed by atoms with Crippen LogP contribution >= 0.6 is 0 Å². The summed E-state index contributed by atoms with van der Waals surface area (Å²) in [5.41, 5.74) is 0.745. The lowest BCUT2D eigenvalue weighted by atomic mass is 10.1. The fourth-order valence-electron chi connectivity index (χ4n) is 1.73. The van der Waals surface area contributed by atoms with E-state index in [2.05, 4.69) is 10.6 Å². The normalized spacial score (nSPS) is 11.0. The molecule has 1 aromatic rings. The Morgan fingerprint density at radius 3 is 2.60 bits per heavy atom. The number of amides is 2. The molecule has 0 spiro atoms. The Balaban J connectivity index is 2.54. The fraction of sp³-hybridized carbons (Fsp3) is 0.467. The van der Waals surface area contributed by atoms with Crippen molar-refractivity contribution in [3.8, 4) is 0 Å². The number of carbonyl (C=O) groups excluding carboxylic acids is 2. The van der Waals surface area contributed by atoms with Gasteiger partial charge in [0, 0.05) is 24.4 Å². The molecule has 0 fully saturated rings. The summed E-state index contributed by atoms with van der Waals surface area (Å²) < 4.78 is 5.49. The lowest BCUT2D eigenvalue weighted by Crippen LogP contribution is -2.42. The Morgan fingerprint density at radius 2 is 2.00 bits per heavy atom. The third-order valence-corrected chi connectivity index (χ3v) is 2.74. The highest BCUT2D eigenvalue weighted by Crippen LogP contribution is 2.11. The second-order valence-corrected chi connectivity index (χ2v) is 5.14. The predicted molar refractivity (Wildman–Crippen MR) is 79.2 cm³/mol. The van der Waals surface area contributed by atoms with Gasteiger partial charge in [-0.15, -0.1) is 0 Å². The summed E-state index contributed by atoms with van der Waals surface area (Å²) in [6, 6.07) is 6.51. The highest BCUT2D eigenvalue weighted by molar-refractivity contribution is 5.96. The van der Waals surface area contributed by atoms with Crippen molar-refractivity contribution in [2.45, 2.75) is 33.3 Å². The number of nitrogens with one attached hydrogen (secondary N) is 2. The van der Waals surface area contributed by atoms with Crippen LogP contribution in [0.15, 0.2) is 24.3 Å². The van der Waals surface area contributed by atoms with E-state index in [1.54, 1.807) is 24.3 Å². The molecule has 110 valence electrons. The van der Waals surface area contributed by atoms with E-state index in [1.165, 1.54) is 6.92 Å². The lowest BCUT2D eigenvalue weighted by molar-refractivity contribution is -0.00662. The largest absolute Gasteiger partial charge is 0.374 e. The van der Waals surface area contributed by atoms with Crippen molar-refractivity contribution in [1.29, 1.82) is 0 Å². The Bertz CT molecular complexity index is 484. The quantitative estimate of drug-likeness (QED) is 0.786. The minimum absolute atomic E-state index is 0.0356. The molecule has 0 radical (unpaired) electrons. The van der Waals surface area contributed by atoms with Gasteiger partial charge >= 0.3 is 6.03 Å². The molecule has 2 N–H and O–H groups in total. The Labute approximate surface area is 119 Å². The molecular formula is C15H22N2O3. The molecule has 5 nitrogen and oxygen atoms in total. The third kappa shape index (κ3) is 5.40. The summed E-state index contributed by atoms with van der Waals surface area (Å²) in [5.74, 6) is -0.0356. The molecular weight excluding hydrogens is 256 g/mol. The second-order valence-electron chi connectivity index (χ2n) is 5.14. The zero-order valence-electron chi connectivity index (χ0n) is 12.4. The topological polar surface area (TPSA) is 67.4 Å². The van der Waals surface area contributed by atoms with E-state index >= 15 is 0 Å². The summed E-state index contributed by atoms with van der Waals surface area (Å²) in [5, 5.41) is 5.44. The molecule has 0 aliphatic carbocycles. The van der Waals surface area contributed by atoms with Gasteiger partial charge in [0.05, 0.1) is 5.60 Å². The standard InChI is InChI=1S/C15H22N2O3/c1-5-20-15(3,4)10-16-14(19)17-13-8-6-7-12(9-13)11(2)18/h6-9H,5,10H2,1-4H3,(H2,16,17,19). The molecule has 0 aliphatic heterocycles. The number of rotatable bonds is 6. The van der Waals surface area contributed by atoms with Gasteiger partial charge in [-0.2, -0.15) is 0 Å². The molecule has 1 rings (SSSR count). The summed E-state index contributed by atoms with van der Waals surface area (Å²) in [4.78, 5) is 23.0. The Kier molecular flexibility index (Phi) is 5.70. The van der Waals surface area contributed by atoms with E-state index in [9.17, 15) is 9.59 Å². The number of Topliss-reactive ketones (excluding diaryl/α,β-unsaturated/α-hetero) is 1. The van der Waals surface area contributed by atoms with E-state index < -0.39 is 5.60 Å². The molecule has 0 saturated heterocycles. The first-order valence-corrected chi connectivity index (χ1v) is 6.64. The number of carbonyl (C=O) groups is 2. The molecule has 0 bridgehead atoms. The van der Waals surface area contributed by atoms with Crippen molar-refractivity contribution < 1.29 is 14.3 Å². The third-order valence-electron chi connectivity index (χ3n) is 2.74. The van der Waals surface area contributed by atoms with Gasteiger partial charge in [-0.3, -0.25) is 4.79 Å². The number of hydrogen-bond donors (Lipinski definition) is 2. The van der Waals surface area contributed by atoms with E-state index in [4.69, 9.17) is 4.74 Å². The average Bonchev–Trinajstić information content (AvgIpc) is 2.37. The fourth-order valence-corrected chi connectivity index (χ4v) is 1.73. The van der Waals surface area contributed by atoms with Crippen LogP contribution in [0.2, 0.25) is 0 Å². The molecule has 20 heavy (non-hydrogen) atoms. The first kappa shape index (κ1) is 16.2. The number of hydrogen-bond acceptors (Lipinski definition) is 3. The average molecular weight is 278 g/mol. The first-order valence-electron chi connectivity index (χ1n) is 6.64. The number of ether oxygens (including phenoxy) is 1. The van der Waals surface area contributed by atoms with Crippen molar-refractivity contribution in [3.05, 3.63) is 29.8 Å². The van der Waals surface area contributed by atoms with Gasteiger partial charge < -0.3 is 15.4 Å². The number of benzene rings is 1. The van der Waals surface area contributed by atoms with Crippen LogP contribution in [0.25, 0.3) is 0 Å². The maximum atomic E-state index is 11.8. The Morgan fingerprint density at radius 1 is 1.30 bits per heavy atom. The predicted octanol–water partition coefficient (Wildman–Crippen LogP) is 2.83. The molecule has 2 amide bonds. The van der Waals surface area contributed by atoms with Gasteiger partial charge in [0.15, 0.2) is 5.78 Å². The van der Waals surface area contributed by atoms with E-state index in [-0.39, 0.29) is 11.8 Å². The van der Waals surface area contributed by atoms with Crippen LogP contribution in [0, 0.1) is 0 Å². The molecule has 0 unspecified atom stereocenters. The maximum Gasteiger partial charge on any atom is 0.319 e. The molecule has 5 heteroatoms. The summed E-state index contributed by atoms with van der Waals surface area (Å²) in [6.45, 7) is 8.22. The number of ketones is 1. The zero-order valence-corrected chi connectivity index (χ0v) is 12.4. The molecule has 0 heterocycles. The smallest absolute Gasteiger partial charge is 0.319 e. The zero-order chi connectivity index (χ0) is 15.2. The van der Waals surface area contributed by atoms with E-state index in [0.717, 1.165) is 0 Å². The summed E-state index contributed by atoms with van der Waals surface area (Å²) in [6.07, 6.45) is 0. The highest BCUT2D eigenvalue weighted by atomic mass is 16.5. The molecule has 1 aromatic carbocycles. The van der Waals surface area contributed by atoms with Crippen molar-refractivity contribution in [2.75, 3.05) is 18.5 Å². The van der Waals surface area contributed by atoms with Crippen LogP contribution in [-0.4, -0.2) is 30.6 Å².